The molecule has 0 unspecified atom stereocenters. The second-order valence-electron chi connectivity index (χ2n) is 8.03. The molecule has 1 fully saturated rings. The number of carbonyl (C=O) groups is 1. The average molecular weight is 571 g/mol. The van der Waals surface area contributed by atoms with Crippen LogP contribution in [0.2, 0.25) is 15.1 Å². The Morgan fingerprint density at radius 3 is 2.19 bits per heavy atom. The predicted molar refractivity (Wildman–Crippen MR) is 137 cm³/mol. The quantitative estimate of drug-likeness (QED) is 0.230. The lowest BCUT2D eigenvalue weighted by Crippen LogP contribution is -2.25. The molecular weight excluding hydrogens is 553 g/mol. The molecule has 3 aromatic carbocycles. The Balaban J connectivity index is 1.49. The molecule has 2 N–H and O–H groups in total. The SMILES string of the molecule is O=C(NCC1CC1)c1ccc(NS(=O)(=O)c2cc(Cl)c(Oc3ccc([N+](=O)[O-])cc3Cl)c(Cl)c2)cc1. The molecule has 13 heteroatoms. The highest BCUT2D eigenvalue weighted by molar-refractivity contribution is 7.92. The van der Waals surface area contributed by atoms with Crippen molar-refractivity contribution in [2.75, 3.05) is 11.3 Å². The highest BCUT2D eigenvalue weighted by atomic mass is 35.5. The van der Waals surface area contributed by atoms with Crippen molar-refractivity contribution >= 4 is 62.1 Å². The van der Waals surface area contributed by atoms with Gasteiger partial charge < -0.3 is 10.1 Å². The zero-order chi connectivity index (χ0) is 26.0. The van der Waals surface area contributed by atoms with Gasteiger partial charge in [-0.05, 0) is 61.2 Å². The number of nitrogens with zero attached hydrogens (tertiary/aromatic N) is 1. The maximum atomic E-state index is 12.9. The molecule has 4 rings (SSSR count). The summed E-state index contributed by atoms with van der Waals surface area (Å²) in [5.74, 6) is 0.288. The Bertz CT molecular complexity index is 1420. The third-order valence-electron chi connectivity index (χ3n) is 5.27. The first-order valence-electron chi connectivity index (χ1n) is 10.6. The molecule has 188 valence electrons. The zero-order valence-electron chi connectivity index (χ0n) is 18.3. The predicted octanol–water partition coefficient (Wildman–Crippen LogP) is 6.29. The molecule has 1 aliphatic rings. The van der Waals surface area contributed by atoms with Gasteiger partial charge in [0.1, 0.15) is 5.75 Å². The van der Waals surface area contributed by atoms with Crippen molar-refractivity contribution in [1.82, 2.24) is 5.32 Å². The van der Waals surface area contributed by atoms with Gasteiger partial charge in [-0.3, -0.25) is 19.6 Å². The van der Waals surface area contributed by atoms with Gasteiger partial charge in [0.05, 0.1) is 24.9 Å². The van der Waals surface area contributed by atoms with Crippen LogP contribution in [0.15, 0.2) is 59.5 Å². The minimum absolute atomic E-state index is 0.0426. The van der Waals surface area contributed by atoms with Gasteiger partial charge in [0.25, 0.3) is 21.6 Å². The summed E-state index contributed by atoms with van der Waals surface area (Å²) in [6.45, 7) is 0.630. The number of hydrogen-bond donors (Lipinski definition) is 2. The van der Waals surface area contributed by atoms with Crippen LogP contribution >= 0.6 is 34.8 Å². The molecule has 9 nitrogen and oxygen atoms in total. The fourth-order valence-electron chi connectivity index (χ4n) is 3.15. The molecule has 1 aliphatic carbocycles. The van der Waals surface area contributed by atoms with E-state index in [1.165, 1.54) is 36.4 Å². The van der Waals surface area contributed by atoms with Crippen LogP contribution in [0.1, 0.15) is 23.2 Å². The maximum Gasteiger partial charge on any atom is 0.271 e. The van der Waals surface area contributed by atoms with E-state index < -0.39 is 14.9 Å². The molecule has 0 saturated heterocycles. The van der Waals surface area contributed by atoms with E-state index >= 15 is 0 Å². The van der Waals surface area contributed by atoms with Crippen LogP contribution in [0.25, 0.3) is 0 Å². The molecule has 0 aromatic heterocycles. The summed E-state index contributed by atoms with van der Waals surface area (Å²) in [5, 5.41) is 13.4. The molecule has 0 radical (unpaired) electrons. The Hall–Kier alpha value is -3.05. The maximum absolute atomic E-state index is 12.9. The van der Waals surface area contributed by atoms with E-state index in [4.69, 9.17) is 39.5 Å². The van der Waals surface area contributed by atoms with Gasteiger partial charge in [-0.1, -0.05) is 34.8 Å². The molecule has 0 spiro atoms. The Kier molecular flexibility index (Phi) is 7.60. The van der Waals surface area contributed by atoms with E-state index in [0.717, 1.165) is 31.0 Å². The van der Waals surface area contributed by atoms with E-state index in [0.29, 0.717) is 18.0 Å². The second-order valence-corrected chi connectivity index (χ2v) is 10.9. The molecular formula is C23H18Cl3N3O6S. The molecule has 0 heterocycles. The van der Waals surface area contributed by atoms with Crippen LogP contribution in [-0.4, -0.2) is 25.8 Å². The summed E-state index contributed by atoms with van der Waals surface area (Å²) in [5.41, 5.74) is 0.416. The fourth-order valence-corrected chi connectivity index (χ4v) is 5.17. The molecule has 3 aromatic rings. The van der Waals surface area contributed by atoms with Crippen LogP contribution in [0, 0.1) is 16.0 Å². The third-order valence-corrected chi connectivity index (χ3v) is 7.49. The minimum atomic E-state index is -4.09. The number of nitrogens with one attached hydrogen (secondary N) is 2. The van der Waals surface area contributed by atoms with E-state index in [1.54, 1.807) is 0 Å². The van der Waals surface area contributed by atoms with Crippen molar-refractivity contribution in [2.45, 2.75) is 17.7 Å². The normalized spacial score (nSPS) is 13.2. The molecule has 0 aliphatic heterocycles. The molecule has 1 amide bonds. The number of anilines is 1. The molecule has 0 atom stereocenters. The number of ether oxygens (including phenoxy) is 1. The minimum Gasteiger partial charge on any atom is -0.453 e. The number of rotatable bonds is 9. The van der Waals surface area contributed by atoms with Gasteiger partial charge in [0.15, 0.2) is 5.75 Å². The monoisotopic (exact) mass is 569 g/mol. The molecule has 0 bridgehead atoms. The van der Waals surface area contributed by atoms with Gasteiger partial charge >= 0.3 is 0 Å². The van der Waals surface area contributed by atoms with E-state index in [2.05, 4.69) is 10.0 Å². The van der Waals surface area contributed by atoms with Crippen LogP contribution in [0.4, 0.5) is 11.4 Å². The summed E-state index contributed by atoms with van der Waals surface area (Å²) >= 11 is 18.5. The number of benzene rings is 3. The summed E-state index contributed by atoms with van der Waals surface area (Å²) in [4.78, 5) is 22.2. The number of nitro benzene ring substituents is 1. The van der Waals surface area contributed by atoms with Crippen molar-refractivity contribution in [3.05, 3.63) is 85.3 Å². The summed E-state index contributed by atoms with van der Waals surface area (Å²) in [6.07, 6.45) is 2.24. The first-order chi connectivity index (χ1) is 17.0. The number of non-ortho nitro benzene ring substituents is 1. The summed E-state index contributed by atoms with van der Waals surface area (Å²) < 4.78 is 33.8. The summed E-state index contributed by atoms with van der Waals surface area (Å²) in [7, 11) is -4.09. The lowest BCUT2D eigenvalue weighted by atomic mass is 10.2. The summed E-state index contributed by atoms with van der Waals surface area (Å²) in [6, 6.07) is 11.8. The standard InChI is InChI=1S/C23H18Cl3N3O6S/c24-18-9-16(29(31)32)7-8-21(18)35-22-19(25)10-17(11-20(22)26)36(33,34)28-15-5-3-14(4-6-15)23(30)27-12-13-1-2-13/h3-11,13,28H,1-2,12H2,(H,27,30). The van der Waals surface area contributed by atoms with Crippen LogP contribution in [0.3, 0.4) is 0 Å². The Morgan fingerprint density at radius 1 is 1.00 bits per heavy atom. The van der Waals surface area contributed by atoms with E-state index in [9.17, 15) is 23.3 Å². The van der Waals surface area contributed by atoms with Crippen LogP contribution in [0.5, 0.6) is 11.5 Å². The number of amides is 1. The second kappa shape index (κ2) is 10.5. The van der Waals surface area contributed by atoms with E-state index in [1.807, 2.05) is 0 Å². The lowest BCUT2D eigenvalue weighted by Gasteiger charge is -2.14. The Labute approximate surface area is 221 Å². The van der Waals surface area contributed by atoms with Crippen LogP contribution < -0.4 is 14.8 Å². The van der Waals surface area contributed by atoms with Crippen molar-refractivity contribution in [3.8, 4) is 11.5 Å². The third kappa shape index (κ3) is 6.19. The first-order valence-corrected chi connectivity index (χ1v) is 13.2. The number of halogens is 3. The number of sulfonamides is 1. The topological polar surface area (TPSA) is 128 Å². The zero-order valence-corrected chi connectivity index (χ0v) is 21.4. The van der Waals surface area contributed by atoms with Crippen molar-refractivity contribution in [1.29, 1.82) is 0 Å². The Morgan fingerprint density at radius 2 is 1.64 bits per heavy atom. The smallest absolute Gasteiger partial charge is 0.271 e. The average Bonchev–Trinajstić information content (AvgIpc) is 3.65. The van der Waals surface area contributed by atoms with E-state index in [-0.39, 0.29) is 48.7 Å². The fraction of sp³-hybridized carbons (Fsp3) is 0.174. The van der Waals surface area contributed by atoms with Gasteiger partial charge in [0, 0.05) is 29.9 Å². The number of nitro groups is 1. The first kappa shape index (κ1) is 26.0. The van der Waals surface area contributed by atoms with Gasteiger partial charge in [-0.15, -0.1) is 0 Å². The highest BCUT2D eigenvalue weighted by Gasteiger charge is 2.23. The van der Waals surface area contributed by atoms with Crippen molar-refractivity contribution < 1.29 is 22.9 Å². The van der Waals surface area contributed by atoms with Gasteiger partial charge in [-0.25, -0.2) is 8.42 Å². The van der Waals surface area contributed by atoms with Gasteiger partial charge in [0.2, 0.25) is 0 Å². The molecule has 36 heavy (non-hydrogen) atoms. The van der Waals surface area contributed by atoms with Gasteiger partial charge in [-0.2, -0.15) is 0 Å². The number of carbonyl (C=O) groups excluding carboxylic acids is 1. The van der Waals surface area contributed by atoms with Crippen LogP contribution in [-0.2, 0) is 10.0 Å². The lowest BCUT2D eigenvalue weighted by molar-refractivity contribution is -0.384. The number of hydrogen-bond acceptors (Lipinski definition) is 6. The van der Waals surface area contributed by atoms with Crippen molar-refractivity contribution in [2.24, 2.45) is 5.92 Å². The highest BCUT2D eigenvalue weighted by Crippen LogP contribution is 2.41. The largest absolute Gasteiger partial charge is 0.453 e. The molecule has 1 saturated carbocycles. The van der Waals surface area contributed by atoms with Crippen molar-refractivity contribution in [3.63, 3.8) is 0 Å².